The number of carbonyl (C=O) groups excluding carboxylic acids is 1. The Morgan fingerprint density at radius 2 is 1.88 bits per heavy atom. The van der Waals surface area contributed by atoms with Crippen LogP contribution >= 0.6 is 0 Å². The van der Waals surface area contributed by atoms with Gasteiger partial charge in [0, 0.05) is 6.07 Å². The average molecular weight is 352 g/mol. The van der Waals surface area contributed by atoms with Crippen LogP contribution in [0.15, 0.2) is 48.5 Å². The van der Waals surface area contributed by atoms with Gasteiger partial charge in [-0.1, -0.05) is 43.7 Å². The quantitative estimate of drug-likeness (QED) is 0.740. The molecule has 0 spiro atoms. The maximum absolute atomic E-state index is 12.3. The second-order valence-electron chi connectivity index (χ2n) is 5.81. The van der Waals surface area contributed by atoms with Crippen LogP contribution in [0, 0.1) is 11.3 Å². The van der Waals surface area contributed by atoms with Crippen molar-refractivity contribution in [3.05, 3.63) is 59.7 Å². The van der Waals surface area contributed by atoms with E-state index in [2.05, 4.69) is 18.3 Å². The fraction of sp³-hybridized carbons (Fsp3) is 0.333. The van der Waals surface area contributed by atoms with Crippen LogP contribution in [0.25, 0.3) is 0 Å². The van der Waals surface area contributed by atoms with E-state index in [1.807, 2.05) is 37.3 Å². The first-order valence-electron chi connectivity index (χ1n) is 8.82. The summed E-state index contributed by atoms with van der Waals surface area (Å²) in [7, 11) is 0. The van der Waals surface area contributed by atoms with Gasteiger partial charge in [0.25, 0.3) is 5.91 Å². The molecule has 2 aromatic rings. The monoisotopic (exact) mass is 352 g/mol. The molecule has 2 aromatic carbocycles. The van der Waals surface area contributed by atoms with Gasteiger partial charge in [0.05, 0.1) is 24.3 Å². The lowest BCUT2D eigenvalue weighted by Gasteiger charge is -2.19. The number of benzene rings is 2. The van der Waals surface area contributed by atoms with Crippen LogP contribution in [0.1, 0.15) is 43.9 Å². The van der Waals surface area contributed by atoms with Gasteiger partial charge >= 0.3 is 0 Å². The Bertz CT molecular complexity index is 754. The SMILES string of the molecule is CCC[C@H](NC(=O)COc1ccc(C#N)cc1OCC)c1ccccc1. The normalized spacial score (nSPS) is 11.3. The third kappa shape index (κ3) is 5.52. The summed E-state index contributed by atoms with van der Waals surface area (Å²) in [6.45, 7) is 4.28. The molecule has 0 saturated heterocycles. The van der Waals surface area contributed by atoms with Crippen molar-refractivity contribution in [3.8, 4) is 17.6 Å². The van der Waals surface area contributed by atoms with Crippen molar-refractivity contribution in [3.63, 3.8) is 0 Å². The van der Waals surface area contributed by atoms with Gasteiger partial charge in [0.2, 0.25) is 0 Å². The Hall–Kier alpha value is -3.00. The molecule has 0 heterocycles. The molecule has 1 atom stereocenters. The summed E-state index contributed by atoms with van der Waals surface area (Å²) in [4.78, 5) is 12.3. The van der Waals surface area contributed by atoms with Gasteiger partial charge in [-0.2, -0.15) is 5.26 Å². The van der Waals surface area contributed by atoms with Gasteiger partial charge in [-0.15, -0.1) is 0 Å². The molecule has 0 aliphatic heterocycles. The maximum Gasteiger partial charge on any atom is 0.258 e. The minimum absolute atomic E-state index is 0.0374. The molecule has 0 aromatic heterocycles. The number of hydrogen-bond donors (Lipinski definition) is 1. The highest BCUT2D eigenvalue weighted by Crippen LogP contribution is 2.28. The Morgan fingerprint density at radius 3 is 2.54 bits per heavy atom. The van der Waals surface area contributed by atoms with E-state index in [1.54, 1.807) is 18.2 Å². The predicted octanol–water partition coefficient (Wildman–Crippen LogP) is 3.99. The lowest BCUT2D eigenvalue weighted by Crippen LogP contribution is -2.32. The zero-order valence-electron chi connectivity index (χ0n) is 15.2. The number of ether oxygens (including phenoxy) is 2. The summed E-state index contributed by atoms with van der Waals surface area (Å²) in [5.41, 5.74) is 1.56. The van der Waals surface area contributed by atoms with Crippen molar-refractivity contribution in [1.29, 1.82) is 5.26 Å². The Kier molecular flexibility index (Phi) is 7.50. The third-order valence-corrected chi connectivity index (χ3v) is 3.85. The van der Waals surface area contributed by atoms with Crippen LogP contribution in [-0.2, 0) is 4.79 Å². The summed E-state index contributed by atoms with van der Waals surface area (Å²) in [6, 6.07) is 16.8. The molecule has 0 aliphatic carbocycles. The number of amides is 1. The van der Waals surface area contributed by atoms with E-state index >= 15 is 0 Å². The topological polar surface area (TPSA) is 71.3 Å². The standard InChI is InChI=1S/C21H24N2O3/c1-3-8-18(17-9-6-5-7-10-17)23-21(24)15-26-19-12-11-16(14-22)13-20(19)25-4-2/h5-7,9-13,18H,3-4,8,15H2,1-2H3,(H,23,24)/t18-/m0/s1. The van der Waals surface area contributed by atoms with Gasteiger partial charge in [0.15, 0.2) is 18.1 Å². The first kappa shape index (κ1) is 19.3. The molecule has 0 fully saturated rings. The molecular formula is C21H24N2O3. The molecule has 0 bridgehead atoms. The number of carbonyl (C=O) groups is 1. The largest absolute Gasteiger partial charge is 0.490 e. The second-order valence-corrected chi connectivity index (χ2v) is 5.81. The van der Waals surface area contributed by atoms with Crippen LogP contribution in [0.5, 0.6) is 11.5 Å². The van der Waals surface area contributed by atoms with E-state index in [1.165, 1.54) is 0 Å². The molecule has 5 nitrogen and oxygen atoms in total. The van der Waals surface area contributed by atoms with E-state index in [0.29, 0.717) is 23.7 Å². The van der Waals surface area contributed by atoms with Gasteiger partial charge in [0.1, 0.15) is 0 Å². The highest BCUT2D eigenvalue weighted by molar-refractivity contribution is 5.78. The molecule has 0 unspecified atom stereocenters. The van der Waals surface area contributed by atoms with Crippen LogP contribution in [0.4, 0.5) is 0 Å². The summed E-state index contributed by atoms with van der Waals surface area (Å²) < 4.78 is 11.1. The van der Waals surface area contributed by atoms with Crippen LogP contribution < -0.4 is 14.8 Å². The van der Waals surface area contributed by atoms with E-state index in [4.69, 9.17) is 14.7 Å². The fourth-order valence-corrected chi connectivity index (χ4v) is 2.64. The molecule has 5 heteroatoms. The van der Waals surface area contributed by atoms with Gasteiger partial charge in [-0.25, -0.2) is 0 Å². The molecule has 136 valence electrons. The van der Waals surface area contributed by atoms with Crippen molar-refractivity contribution in [2.24, 2.45) is 0 Å². The van der Waals surface area contributed by atoms with Gasteiger partial charge in [-0.3, -0.25) is 4.79 Å². The number of nitrogens with zero attached hydrogens (tertiary/aromatic N) is 1. The van der Waals surface area contributed by atoms with Crippen LogP contribution in [0.2, 0.25) is 0 Å². The Balaban J connectivity index is 2.00. The maximum atomic E-state index is 12.3. The number of nitriles is 1. The molecule has 0 aliphatic rings. The number of nitrogens with one attached hydrogen (secondary N) is 1. The highest BCUT2D eigenvalue weighted by Gasteiger charge is 2.15. The summed E-state index contributed by atoms with van der Waals surface area (Å²) in [5, 5.41) is 12.0. The lowest BCUT2D eigenvalue weighted by molar-refractivity contribution is -0.123. The van der Waals surface area contributed by atoms with Crippen molar-refractivity contribution < 1.29 is 14.3 Å². The van der Waals surface area contributed by atoms with Crippen molar-refractivity contribution in [1.82, 2.24) is 5.32 Å². The van der Waals surface area contributed by atoms with E-state index in [0.717, 1.165) is 18.4 Å². The van der Waals surface area contributed by atoms with Crippen molar-refractivity contribution >= 4 is 5.91 Å². The number of hydrogen-bond acceptors (Lipinski definition) is 4. The molecule has 2 rings (SSSR count). The molecule has 0 radical (unpaired) electrons. The molecule has 0 saturated carbocycles. The minimum Gasteiger partial charge on any atom is -0.490 e. The van der Waals surface area contributed by atoms with Crippen molar-refractivity contribution in [2.45, 2.75) is 32.7 Å². The van der Waals surface area contributed by atoms with Crippen LogP contribution in [-0.4, -0.2) is 19.1 Å². The second kappa shape index (κ2) is 10.1. The van der Waals surface area contributed by atoms with Gasteiger partial charge in [-0.05, 0) is 31.0 Å². The highest BCUT2D eigenvalue weighted by atomic mass is 16.5. The third-order valence-electron chi connectivity index (χ3n) is 3.85. The Morgan fingerprint density at radius 1 is 1.12 bits per heavy atom. The molecule has 26 heavy (non-hydrogen) atoms. The fourth-order valence-electron chi connectivity index (χ4n) is 2.64. The van der Waals surface area contributed by atoms with E-state index in [9.17, 15) is 4.79 Å². The zero-order valence-corrected chi connectivity index (χ0v) is 15.2. The number of rotatable bonds is 9. The Labute approximate surface area is 154 Å². The average Bonchev–Trinajstić information content (AvgIpc) is 2.67. The van der Waals surface area contributed by atoms with E-state index in [-0.39, 0.29) is 18.6 Å². The first-order valence-corrected chi connectivity index (χ1v) is 8.82. The molecule has 1 amide bonds. The smallest absolute Gasteiger partial charge is 0.258 e. The summed E-state index contributed by atoms with van der Waals surface area (Å²) in [5.74, 6) is 0.722. The van der Waals surface area contributed by atoms with E-state index < -0.39 is 0 Å². The lowest BCUT2D eigenvalue weighted by atomic mass is 10.0. The first-order chi connectivity index (χ1) is 12.7. The summed E-state index contributed by atoms with van der Waals surface area (Å²) in [6.07, 6.45) is 1.82. The predicted molar refractivity (Wildman–Crippen MR) is 100 cm³/mol. The van der Waals surface area contributed by atoms with Crippen LogP contribution in [0.3, 0.4) is 0 Å². The minimum atomic E-state index is -0.195. The summed E-state index contributed by atoms with van der Waals surface area (Å²) >= 11 is 0. The van der Waals surface area contributed by atoms with Gasteiger partial charge < -0.3 is 14.8 Å². The molecular weight excluding hydrogens is 328 g/mol. The molecule has 1 N–H and O–H groups in total. The van der Waals surface area contributed by atoms with Crippen molar-refractivity contribution in [2.75, 3.05) is 13.2 Å². The zero-order chi connectivity index (χ0) is 18.8.